The Balaban J connectivity index is 2.20. The van der Waals surface area contributed by atoms with Crippen LogP contribution in [0.2, 0.25) is 0 Å². The molecule has 1 aromatic carbocycles. The first-order valence-corrected chi connectivity index (χ1v) is 6.22. The van der Waals surface area contributed by atoms with Gasteiger partial charge < -0.3 is 10.2 Å². The standard InChI is InChI=1S/C13H15N7/c1-14-11-16-12(19(2)3)18-13(17-11)20-8-15-9-6-4-5-7-10(9)20/h4-8H,1-3H3,(H,14,16,17,18). The molecule has 0 aliphatic carbocycles. The number of hydrogen-bond donors (Lipinski definition) is 1. The number of benzene rings is 1. The number of rotatable bonds is 3. The summed E-state index contributed by atoms with van der Waals surface area (Å²) in [5.74, 6) is 1.66. The fraction of sp³-hybridized carbons (Fsp3) is 0.231. The zero-order valence-corrected chi connectivity index (χ0v) is 11.6. The van der Waals surface area contributed by atoms with E-state index < -0.39 is 0 Å². The van der Waals surface area contributed by atoms with Crippen LogP contribution in [-0.4, -0.2) is 45.6 Å². The maximum atomic E-state index is 4.46. The minimum Gasteiger partial charge on any atom is -0.357 e. The van der Waals surface area contributed by atoms with E-state index in [9.17, 15) is 0 Å². The maximum absolute atomic E-state index is 4.46. The fourth-order valence-electron chi connectivity index (χ4n) is 1.89. The SMILES string of the molecule is CNc1nc(N(C)C)nc(-n2cnc3ccccc32)n1. The van der Waals surface area contributed by atoms with Crippen LogP contribution in [0.3, 0.4) is 0 Å². The highest BCUT2D eigenvalue weighted by atomic mass is 15.3. The van der Waals surface area contributed by atoms with Gasteiger partial charge in [-0.15, -0.1) is 0 Å². The van der Waals surface area contributed by atoms with Crippen LogP contribution in [-0.2, 0) is 0 Å². The molecular formula is C13H15N7. The fourth-order valence-corrected chi connectivity index (χ4v) is 1.89. The molecule has 1 N–H and O–H groups in total. The summed E-state index contributed by atoms with van der Waals surface area (Å²) >= 11 is 0. The van der Waals surface area contributed by atoms with Crippen LogP contribution in [0, 0.1) is 0 Å². The second-order valence-corrected chi connectivity index (χ2v) is 4.51. The van der Waals surface area contributed by atoms with E-state index in [-0.39, 0.29) is 0 Å². The second kappa shape index (κ2) is 4.76. The first kappa shape index (κ1) is 12.3. The first-order chi connectivity index (χ1) is 9.69. The smallest absolute Gasteiger partial charge is 0.242 e. The molecule has 7 nitrogen and oxygen atoms in total. The zero-order valence-electron chi connectivity index (χ0n) is 11.6. The third-order valence-electron chi connectivity index (χ3n) is 2.90. The molecule has 0 spiro atoms. The summed E-state index contributed by atoms with van der Waals surface area (Å²) in [5.41, 5.74) is 1.87. The highest BCUT2D eigenvalue weighted by Crippen LogP contribution is 2.17. The van der Waals surface area contributed by atoms with Crippen molar-refractivity contribution in [3.8, 4) is 5.95 Å². The van der Waals surface area contributed by atoms with E-state index in [4.69, 9.17) is 0 Å². The average molecular weight is 269 g/mol. The van der Waals surface area contributed by atoms with Crippen LogP contribution in [0.4, 0.5) is 11.9 Å². The summed E-state index contributed by atoms with van der Waals surface area (Å²) in [7, 11) is 5.57. The Hall–Kier alpha value is -2.70. The summed E-state index contributed by atoms with van der Waals surface area (Å²) in [6, 6.07) is 7.87. The normalized spacial score (nSPS) is 10.8. The van der Waals surface area contributed by atoms with Gasteiger partial charge in [0.05, 0.1) is 11.0 Å². The van der Waals surface area contributed by atoms with E-state index in [1.807, 2.05) is 47.8 Å². The molecule has 0 aliphatic heterocycles. The van der Waals surface area contributed by atoms with Crippen molar-refractivity contribution in [3.05, 3.63) is 30.6 Å². The molecule has 20 heavy (non-hydrogen) atoms. The Morgan fingerprint density at radius 1 is 1.10 bits per heavy atom. The highest BCUT2D eigenvalue weighted by Gasteiger charge is 2.11. The van der Waals surface area contributed by atoms with E-state index in [1.54, 1.807) is 13.4 Å². The van der Waals surface area contributed by atoms with Crippen molar-refractivity contribution in [1.29, 1.82) is 0 Å². The molecule has 0 saturated heterocycles. The molecule has 0 bridgehead atoms. The summed E-state index contributed by atoms with van der Waals surface area (Å²) in [5, 5.41) is 2.95. The van der Waals surface area contributed by atoms with E-state index in [1.165, 1.54) is 0 Å². The van der Waals surface area contributed by atoms with Crippen LogP contribution in [0.25, 0.3) is 17.0 Å². The minimum absolute atomic E-state index is 0.525. The van der Waals surface area contributed by atoms with Gasteiger partial charge in [-0.25, -0.2) is 4.98 Å². The number of fused-ring (bicyclic) bond motifs is 1. The average Bonchev–Trinajstić information content (AvgIpc) is 2.90. The molecule has 0 saturated carbocycles. The molecule has 3 rings (SSSR count). The lowest BCUT2D eigenvalue weighted by Crippen LogP contribution is -2.16. The molecule has 0 amide bonds. The Morgan fingerprint density at radius 2 is 1.90 bits per heavy atom. The second-order valence-electron chi connectivity index (χ2n) is 4.51. The predicted octanol–water partition coefficient (Wildman–Crippen LogP) is 1.32. The van der Waals surface area contributed by atoms with Gasteiger partial charge in [0.2, 0.25) is 17.8 Å². The Labute approximate surface area is 116 Å². The topological polar surface area (TPSA) is 71.8 Å². The number of nitrogens with zero attached hydrogens (tertiary/aromatic N) is 6. The van der Waals surface area contributed by atoms with Crippen molar-refractivity contribution in [2.24, 2.45) is 0 Å². The number of anilines is 2. The molecule has 3 aromatic rings. The van der Waals surface area contributed by atoms with Crippen molar-refractivity contribution in [3.63, 3.8) is 0 Å². The molecule has 0 aliphatic rings. The third kappa shape index (κ3) is 2.03. The van der Waals surface area contributed by atoms with Gasteiger partial charge in [-0.2, -0.15) is 15.0 Å². The third-order valence-corrected chi connectivity index (χ3v) is 2.90. The zero-order chi connectivity index (χ0) is 14.1. The van der Waals surface area contributed by atoms with Gasteiger partial charge in [0, 0.05) is 21.1 Å². The molecule has 7 heteroatoms. The lowest BCUT2D eigenvalue weighted by atomic mass is 10.3. The molecule has 102 valence electrons. The van der Waals surface area contributed by atoms with Crippen LogP contribution in [0.1, 0.15) is 0 Å². The van der Waals surface area contributed by atoms with Gasteiger partial charge in [0.15, 0.2) is 0 Å². The highest BCUT2D eigenvalue weighted by molar-refractivity contribution is 5.76. The van der Waals surface area contributed by atoms with Gasteiger partial charge in [-0.1, -0.05) is 12.1 Å². The number of para-hydroxylation sites is 2. The van der Waals surface area contributed by atoms with Crippen molar-refractivity contribution in [1.82, 2.24) is 24.5 Å². The Bertz CT molecular complexity index is 747. The van der Waals surface area contributed by atoms with E-state index in [2.05, 4.69) is 25.3 Å². The quantitative estimate of drug-likeness (QED) is 0.773. The molecule has 0 atom stereocenters. The molecule has 0 fully saturated rings. The van der Waals surface area contributed by atoms with Gasteiger partial charge in [0.1, 0.15) is 6.33 Å². The van der Waals surface area contributed by atoms with Gasteiger partial charge in [0.25, 0.3) is 0 Å². The molecule has 2 aromatic heterocycles. The van der Waals surface area contributed by atoms with Crippen LogP contribution < -0.4 is 10.2 Å². The largest absolute Gasteiger partial charge is 0.357 e. The van der Waals surface area contributed by atoms with Crippen LogP contribution >= 0.6 is 0 Å². The van der Waals surface area contributed by atoms with Gasteiger partial charge >= 0.3 is 0 Å². The van der Waals surface area contributed by atoms with E-state index in [0.717, 1.165) is 11.0 Å². The Morgan fingerprint density at radius 3 is 2.65 bits per heavy atom. The summed E-state index contributed by atoms with van der Waals surface area (Å²) < 4.78 is 1.85. The number of nitrogens with one attached hydrogen (secondary N) is 1. The minimum atomic E-state index is 0.525. The number of hydrogen-bond acceptors (Lipinski definition) is 6. The molecular weight excluding hydrogens is 254 g/mol. The Kier molecular flexibility index (Phi) is 2.94. The summed E-state index contributed by atoms with van der Waals surface area (Å²) in [4.78, 5) is 19.3. The summed E-state index contributed by atoms with van der Waals surface area (Å²) in [6.45, 7) is 0. The van der Waals surface area contributed by atoms with E-state index in [0.29, 0.717) is 17.8 Å². The van der Waals surface area contributed by atoms with Crippen LogP contribution in [0.5, 0.6) is 0 Å². The molecule has 2 heterocycles. The summed E-state index contributed by atoms with van der Waals surface area (Å²) in [6.07, 6.45) is 1.72. The van der Waals surface area contributed by atoms with Gasteiger partial charge in [-0.3, -0.25) is 4.57 Å². The predicted molar refractivity (Wildman–Crippen MR) is 78.3 cm³/mol. The van der Waals surface area contributed by atoms with Crippen molar-refractivity contribution in [2.75, 3.05) is 31.4 Å². The van der Waals surface area contributed by atoms with Crippen molar-refractivity contribution < 1.29 is 0 Å². The maximum Gasteiger partial charge on any atom is 0.242 e. The van der Waals surface area contributed by atoms with Gasteiger partial charge in [-0.05, 0) is 12.1 Å². The molecule has 0 unspecified atom stereocenters. The van der Waals surface area contributed by atoms with E-state index >= 15 is 0 Å². The van der Waals surface area contributed by atoms with Crippen molar-refractivity contribution in [2.45, 2.75) is 0 Å². The monoisotopic (exact) mass is 269 g/mol. The number of imidazole rings is 1. The first-order valence-electron chi connectivity index (χ1n) is 6.22. The lowest BCUT2D eigenvalue weighted by molar-refractivity contribution is 0.886. The lowest BCUT2D eigenvalue weighted by Gasteiger charge is -2.12. The van der Waals surface area contributed by atoms with Crippen LogP contribution in [0.15, 0.2) is 30.6 Å². The molecule has 0 radical (unpaired) electrons. The number of aromatic nitrogens is 5. The van der Waals surface area contributed by atoms with Crippen molar-refractivity contribution >= 4 is 22.9 Å².